The van der Waals surface area contributed by atoms with Gasteiger partial charge < -0.3 is 14.8 Å². The van der Waals surface area contributed by atoms with E-state index in [0.717, 1.165) is 12.2 Å². The zero-order chi connectivity index (χ0) is 21.3. The molecule has 0 saturated heterocycles. The molecule has 5 nitrogen and oxygen atoms in total. The van der Waals surface area contributed by atoms with Gasteiger partial charge in [-0.05, 0) is 51.1 Å². The van der Waals surface area contributed by atoms with E-state index in [1.165, 1.54) is 0 Å². The Morgan fingerprint density at radius 1 is 1.07 bits per heavy atom. The number of H-pyrrole nitrogens is 1. The Morgan fingerprint density at radius 3 is 2.40 bits per heavy atom. The number of fused-ring (bicyclic) bond motifs is 3. The van der Waals surface area contributed by atoms with Crippen LogP contribution in [0, 0.1) is 0 Å². The van der Waals surface area contributed by atoms with Crippen molar-refractivity contribution < 1.29 is 4.79 Å². The number of allylic oxidation sites excluding steroid dienone is 5. The highest BCUT2D eigenvalue weighted by Crippen LogP contribution is 2.45. The molecule has 2 aliphatic heterocycles. The van der Waals surface area contributed by atoms with Gasteiger partial charge in [-0.15, -0.1) is 0 Å². The summed E-state index contributed by atoms with van der Waals surface area (Å²) in [5.74, 6) is 0.473. The summed E-state index contributed by atoms with van der Waals surface area (Å²) < 4.78 is 0. The lowest BCUT2D eigenvalue weighted by atomic mass is 9.89. The van der Waals surface area contributed by atoms with Crippen molar-refractivity contribution in [2.75, 3.05) is 11.4 Å². The molecule has 0 aliphatic carbocycles. The summed E-state index contributed by atoms with van der Waals surface area (Å²) in [6, 6.07) is 7.27. The van der Waals surface area contributed by atoms with Crippen molar-refractivity contribution in [3.05, 3.63) is 101 Å². The highest BCUT2D eigenvalue weighted by molar-refractivity contribution is 6.23. The monoisotopic (exact) mass is 399 g/mol. The van der Waals surface area contributed by atoms with Crippen LogP contribution in [0.1, 0.15) is 31.1 Å². The van der Waals surface area contributed by atoms with Gasteiger partial charge in [-0.25, -0.2) is 0 Å². The first-order valence-electron chi connectivity index (χ1n) is 10.2. The third-order valence-electron chi connectivity index (χ3n) is 5.55. The molecule has 0 atom stereocenters. The SMILES string of the molecule is C\C=C/C(=C/C=C/C)N1c2[nH]c(=O)c3ccccc3c2C(=O)C12C=CN(CC)C=C2. The second-order valence-corrected chi connectivity index (χ2v) is 7.29. The summed E-state index contributed by atoms with van der Waals surface area (Å²) in [6.45, 7) is 6.74. The fourth-order valence-corrected chi connectivity index (χ4v) is 4.10. The van der Waals surface area contributed by atoms with E-state index in [9.17, 15) is 9.59 Å². The van der Waals surface area contributed by atoms with Crippen LogP contribution in [-0.2, 0) is 0 Å². The normalized spacial score (nSPS) is 18.0. The van der Waals surface area contributed by atoms with Gasteiger partial charge in [-0.3, -0.25) is 9.59 Å². The summed E-state index contributed by atoms with van der Waals surface area (Å²) in [4.78, 5) is 33.7. The van der Waals surface area contributed by atoms with Crippen LogP contribution < -0.4 is 10.5 Å². The summed E-state index contributed by atoms with van der Waals surface area (Å²) in [6.07, 6.45) is 17.4. The molecule has 4 rings (SSSR count). The van der Waals surface area contributed by atoms with Crippen molar-refractivity contribution in [3.63, 3.8) is 0 Å². The zero-order valence-electron chi connectivity index (χ0n) is 17.4. The fourth-order valence-electron chi connectivity index (χ4n) is 4.10. The van der Waals surface area contributed by atoms with E-state index in [-0.39, 0.29) is 11.3 Å². The van der Waals surface area contributed by atoms with Crippen LogP contribution in [0.3, 0.4) is 0 Å². The van der Waals surface area contributed by atoms with Gasteiger partial charge in [0.2, 0.25) is 5.78 Å². The number of pyridine rings is 1. The molecule has 2 aromatic rings. The Bertz CT molecular complexity index is 1200. The summed E-state index contributed by atoms with van der Waals surface area (Å²) >= 11 is 0. The number of benzene rings is 1. The molecule has 0 amide bonds. The summed E-state index contributed by atoms with van der Waals surface area (Å²) in [5.41, 5.74) is 0.116. The van der Waals surface area contributed by atoms with E-state index < -0.39 is 5.54 Å². The number of aromatic nitrogens is 1. The number of rotatable bonds is 4. The maximum absolute atomic E-state index is 13.9. The topological polar surface area (TPSA) is 56.4 Å². The minimum atomic E-state index is -1.03. The number of Topliss-reactive ketones (excluding diaryl/α,β-unsaturated/α-hetero) is 1. The Kier molecular flexibility index (Phi) is 5.04. The molecule has 1 aromatic carbocycles. The number of ketones is 1. The fraction of sp³-hybridized carbons (Fsp3) is 0.200. The molecule has 152 valence electrons. The third-order valence-corrected chi connectivity index (χ3v) is 5.55. The molecular formula is C25H25N3O2. The summed E-state index contributed by atoms with van der Waals surface area (Å²) in [5, 5.41) is 1.19. The zero-order valence-corrected chi connectivity index (χ0v) is 17.4. The van der Waals surface area contributed by atoms with E-state index in [2.05, 4.69) is 11.9 Å². The van der Waals surface area contributed by atoms with Gasteiger partial charge in [-0.2, -0.15) is 0 Å². The maximum Gasteiger partial charge on any atom is 0.257 e. The largest absolute Gasteiger partial charge is 0.355 e. The molecule has 0 unspecified atom stereocenters. The predicted molar refractivity (Wildman–Crippen MR) is 122 cm³/mol. The molecule has 0 bridgehead atoms. The molecule has 1 spiro atoms. The smallest absolute Gasteiger partial charge is 0.257 e. The van der Waals surface area contributed by atoms with E-state index in [0.29, 0.717) is 22.2 Å². The molecule has 1 aromatic heterocycles. The number of hydrogen-bond acceptors (Lipinski definition) is 4. The lowest BCUT2D eigenvalue weighted by Crippen LogP contribution is -2.48. The molecule has 1 N–H and O–H groups in total. The number of hydrogen-bond donors (Lipinski definition) is 1. The maximum atomic E-state index is 13.9. The van der Waals surface area contributed by atoms with Gasteiger partial charge in [0, 0.05) is 35.4 Å². The van der Waals surface area contributed by atoms with Crippen LogP contribution in [0.2, 0.25) is 0 Å². The molecule has 0 saturated carbocycles. The molecule has 5 heteroatoms. The average Bonchev–Trinajstić information content (AvgIpc) is 3.00. The van der Waals surface area contributed by atoms with Crippen LogP contribution in [0.25, 0.3) is 10.8 Å². The molecule has 3 heterocycles. The van der Waals surface area contributed by atoms with Crippen molar-refractivity contribution in [2.24, 2.45) is 0 Å². The average molecular weight is 399 g/mol. The highest BCUT2D eigenvalue weighted by Gasteiger charge is 2.51. The van der Waals surface area contributed by atoms with Crippen LogP contribution in [0.5, 0.6) is 0 Å². The number of carbonyl (C=O) groups is 1. The van der Waals surface area contributed by atoms with Crippen LogP contribution in [0.4, 0.5) is 5.82 Å². The Balaban J connectivity index is 2.06. The Labute approximate surface area is 176 Å². The first-order chi connectivity index (χ1) is 14.6. The Morgan fingerprint density at radius 2 is 1.77 bits per heavy atom. The van der Waals surface area contributed by atoms with E-state index in [1.54, 1.807) is 6.07 Å². The van der Waals surface area contributed by atoms with Gasteiger partial charge >= 0.3 is 0 Å². The standard InChI is InChI=1S/C25H25N3O2/c1-4-7-11-18(10-5-2)28-23-21(19-12-8-9-13-20(19)24(30)26-23)22(29)25(28)14-16-27(6-3)17-15-25/h4-5,7-17H,6H2,1-3H3,(H,26,30)/b7-4+,10-5-,18-11-. The molecule has 0 radical (unpaired) electrons. The lowest BCUT2D eigenvalue weighted by molar-refractivity contribution is 0.0957. The van der Waals surface area contributed by atoms with E-state index in [4.69, 9.17) is 0 Å². The third kappa shape index (κ3) is 2.86. The second kappa shape index (κ2) is 7.67. The van der Waals surface area contributed by atoms with Crippen LogP contribution in [-0.4, -0.2) is 27.8 Å². The van der Waals surface area contributed by atoms with Crippen LogP contribution >= 0.6 is 0 Å². The first kappa shape index (κ1) is 19.7. The number of nitrogens with one attached hydrogen (secondary N) is 1. The predicted octanol–water partition coefficient (Wildman–Crippen LogP) is 4.67. The molecule has 30 heavy (non-hydrogen) atoms. The van der Waals surface area contributed by atoms with E-state index >= 15 is 0 Å². The van der Waals surface area contributed by atoms with Crippen molar-refractivity contribution in [3.8, 4) is 0 Å². The van der Waals surface area contributed by atoms with Gasteiger partial charge in [0.1, 0.15) is 11.4 Å². The minimum Gasteiger partial charge on any atom is -0.355 e. The van der Waals surface area contributed by atoms with Gasteiger partial charge in [0.15, 0.2) is 0 Å². The summed E-state index contributed by atoms with van der Waals surface area (Å²) in [7, 11) is 0. The minimum absolute atomic E-state index is 0.0518. The molecular weight excluding hydrogens is 374 g/mol. The lowest BCUT2D eigenvalue weighted by Gasteiger charge is -2.37. The number of carbonyl (C=O) groups excluding carboxylic acids is 1. The first-order valence-corrected chi connectivity index (χ1v) is 10.2. The number of nitrogens with zero attached hydrogens (tertiary/aromatic N) is 2. The molecule has 2 aliphatic rings. The number of aromatic amines is 1. The second-order valence-electron chi connectivity index (χ2n) is 7.29. The van der Waals surface area contributed by atoms with Crippen molar-refractivity contribution in [2.45, 2.75) is 26.3 Å². The number of anilines is 1. The van der Waals surface area contributed by atoms with Crippen LogP contribution in [0.15, 0.2) is 89.7 Å². The Hall–Kier alpha value is -3.60. The molecule has 0 fully saturated rings. The van der Waals surface area contributed by atoms with Gasteiger partial charge in [0.25, 0.3) is 5.56 Å². The van der Waals surface area contributed by atoms with E-state index in [1.807, 2.05) is 96.8 Å². The van der Waals surface area contributed by atoms with Crippen molar-refractivity contribution in [1.29, 1.82) is 0 Å². The van der Waals surface area contributed by atoms with Crippen molar-refractivity contribution in [1.82, 2.24) is 9.88 Å². The van der Waals surface area contributed by atoms with Gasteiger partial charge in [0.05, 0.1) is 5.56 Å². The quantitative estimate of drug-likeness (QED) is 0.759. The van der Waals surface area contributed by atoms with Gasteiger partial charge in [-0.1, -0.05) is 36.4 Å². The van der Waals surface area contributed by atoms with Crippen molar-refractivity contribution >= 4 is 22.4 Å². The highest BCUT2D eigenvalue weighted by atomic mass is 16.1.